The number of carbonyl (C=O) groups excluding carboxylic acids is 4. The molecule has 4 N–H and O–H groups in total. The van der Waals surface area contributed by atoms with Gasteiger partial charge in [-0.3, -0.25) is 14.4 Å². The first-order chi connectivity index (χ1) is 14.5. The van der Waals surface area contributed by atoms with Gasteiger partial charge in [0.05, 0.1) is 17.7 Å². The number of rotatable bonds is 6. The van der Waals surface area contributed by atoms with Crippen LogP contribution in [0.25, 0.3) is 0 Å². The molecule has 0 saturated carbocycles. The van der Waals surface area contributed by atoms with Crippen LogP contribution in [0, 0.1) is 0 Å². The van der Waals surface area contributed by atoms with Crippen molar-refractivity contribution < 1.29 is 44.3 Å². The summed E-state index contributed by atoms with van der Waals surface area (Å²) < 4.78 is 4.99. The molecule has 31 heavy (non-hydrogen) atoms. The minimum Gasteiger partial charge on any atom is -0.508 e. The van der Waals surface area contributed by atoms with E-state index in [2.05, 4.69) is 0 Å². The number of hydrogen-bond acceptors (Lipinski definition) is 9. The van der Waals surface area contributed by atoms with Crippen LogP contribution >= 0.6 is 0 Å². The fraction of sp³-hybridized carbons (Fsp3) is 0.273. The number of phenolic OH excluding ortho intramolecular Hbond substituents is 4. The molecule has 9 nitrogen and oxygen atoms in total. The second kappa shape index (κ2) is 8.10. The fourth-order valence-electron chi connectivity index (χ4n) is 3.69. The minimum absolute atomic E-state index is 0.0532. The Balaban J connectivity index is 2.18. The van der Waals surface area contributed by atoms with Gasteiger partial charge < -0.3 is 30.0 Å². The number of Topliss-reactive ketones (excluding diaryl/α,β-unsaturated/α-hetero) is 1. The van der Waals surface area contributed by atoms with E-state index in [1.807, 2.05) is 0 Å². The molecule has 0 amide bonds. The van der Waals surface area contributed by atoms with Crippen LogP contribution in [0.2, 0.25) is 0 Å². The Hall–Kier alpha value is -3.88. The number of ketones is 3. The molecule has 2 aromatic carbocycles. The Morgan fingerprint density at radius 3 is 2.16 bits per heavy atom. The van der Waals surface area contributed by atoms with Crippen molar-refractivity contribution in [3.63, 3.8) is 0 Å². The average molecular weight is 428 g/mol. The molecule has 162 valence electrons. The highest BCUT2D eigenvalue weighted by Crippen LogP contribution is 2.45. The Morgan fingerprint density at radius 2 is 1.55 bits per heavy atom. The molecule has 1 unspecified atom stereocenters. The van der Waals surface area contributed by atoms with Gasteiger partial charge in [0.1, 0.15) is 28.8 Å². The fourth-order valence-corrected chi connectivity index (χ4v) is 3.69. The zero-order valence-corrected chi connectivity index (χ0v) is 16.8. The van der Waals surface area contributed by atoms with Gasteiger partial charge in [-0.15, -0.1) is 0 Å². The van der Waals surface area contributed by atoms with Crippen molar-refractivity contribution in [1.82, 2.24) is 0 Å². The van der Waals surface area contributed by atoms with Crippen molar-refractivity contribution in [2.45, 2.75) is 32.6 Å². The third kappa shape index (κ3) is 3.94. The van der Waals surface area contributed by atoms with Crippen LogP contribution in [0.15, 0.2) is 18.2 Å². The molecule has 1 aliphatic carbocycles. The molecule has 0 aliphatic heterocycles. The monoisotopic (exact) mass is 428 g/mol. The summed E-state index contributed by atoms with van der Waals surface area (Å²) in [5, 5.41) is 41.2. The third-order valence-corrected chi connectivity index (χ3v) is 5.10. The van der Waals surface area contributed by atoms with Gasteiger partial charge in [0.15, 0.2) is 5.78 Å². The largest absolute Gasteiger partial charge is 0.508 e. The predicted molar refractivity (Wildman–Crippen MR) is 106 cm³/mol. The first-order valence-corrected chi connectivity index (χ1v) is 9.39. The summed E-state index contributed by atoms with van der Waals surface area (Å²) in [6.45, 7) is 2.25. The van der Waals surface area contributed by atoms with Gasteiger partial charge in [0.2, 0.25) is 5.78 Å². The molecule has 0 bridgehead atoms. The lowest BCUT2D eigenvalue weighted by molar-refractivity contribution is -0.141. The van der Waals surface area contributed by atoms with E-state index in [1.54, 1.807) is 0 Å². The lowest BCUT2D eigenvalue weighted by Gasteiger charge is -2.24. The van der Waals surface area contributed by atoms with Gasteiger partial charge in [-0.2, -0.15) is 0 Å². The van der Waals surface area contributed by atoms with Gasteiger partial charge in [-0.1, -0.05) is 0 Å². The summed E-state index contributed by atoms with van der Waals surface area (Å²) in [4.78, 5) is 48.6. The van der Waals surface area contributed by atoms with E-state index in [0.29, 0.717) is 0 Å². The molecule has 1 aliphatic rings. The van der Waals surface area contributed by atoms with E-state index in [4.69, 9.17) is 4.74 Å². The summed E-state index contributed by atoms with van der Waals surface area (Å²) >= 11 is 0. The highest BCUT2D eigenvalue weighted by atomic mass is 16.5. The maximum Gasteiger partial charge on any atom is 0.302 e. The van der Waals surface area contributed by atoms with Crippen molar-refractivity contribution in [2.24, 2.45) is 0 Å². The first-order valence-electron chi connectivity index (χ1n) is 9.39. The van der Waals surface area contributed by atoms with E-state index in [0.717, 1.165) is 18.2 Å². The van der Waals surface area contributed by atoms with Crippen LogP contribution in [-0.2, 0) is 14.3 Å². The number of carbonyl (C=O) groups is 4. The van der Waals surface area contributed by atoms with Crippen LogP contribution in [0.3, 0.4) is 0 Å². The second-order valence-electron chi connectivity index (χ2n) is 7.37. The lowest BCUT2D eigenvalue weighted by Crippen LogP contribution is -2.22. The smallest absolute Gasteiger partial charge is 0.302 e. The minimum atomic E-state index is -0.876. The van der Waals surface area contributed by atoms with Gasteiger partial charge in [0.25, 0.3) is 0 Å². The maximum absolute atomic E-state index is 13.0. The summed E-state index contributed by atoms with van der Waals surface area (Å²) in [5.74, 6) is -5.58. The van der Waals surface area contributed by atoms with Crippen LogP contribution in [0.4, 0.5) is 0 Å². The predicted octanol–water partition coefficient (Wildman–Crippen LogP) is 2.30. The molecule has 2 aromatic rings. The van der Waals surface area contributed by atoms with Crippen molar-refractivity contribution in [2.75, 3.05) is 6.61 Å². The van der Waals surface area contributed by atoms with Crippen LogP contribution in [0.5, 0.6) is 23.0 Å². The van der Waals surface area contributed by atoms with Gasteiger partial charge in [0, 0.05) is 42.0 Å². The van der Waals surface area contributed by atoms with Gasteiger partial charge in [-0.05, 0) is 25.5 Å². The molecule has 0 heterocycles. The summed E-state index contributed by atoms with van der Waals surface area (Å²) in [5.41, 5.74) is -1.54. The molecule has 0 saturated heterocycles. The summed E-state index contributed by atoms with van der Waals surface area (Å²) in [6.07, 6.45) is 0.151. The van der Waals surface area contributed by atoms with Crippen molar-refractivity contribution in [3.8, 4) is 23.0 Å². The second-order valence-corrected chi connectivity index (χ2v) is 7.37. The Kier molecular flexibility index (Phi) is 5.70. The Bertz CT molecular complexity index is 1110. The molecule has 0 radical (unpaired) electrons. The topological polar surface area (TPSA) is 158 Å². The molecule has 0 fully saturated rings. The average Bonchev–Trinajstić information content (AvgIpc) is 2.66. The van der Waals surface area contributed by atoms with E-state index < -0.39 is 52.0 Å². The lowest BCUT2D eigenvalue weighted by atomic mass is 9.79. The van der Waals surface area contributed by atoms with E-state index in [9.17, 15) is 39.6 Å². The molecular formula is C22H20O9. The highest BCUT2D eigenvalue weighted by Gasteiger charge is 2.38. The number of hydrogen-bond donors (Lipinski definition) is 4. The number of benzene rings is 2. The Morgan fingerprint density at radius 1 is 0.903 bits per heavy atom. The number of ether oxygens (including phenoxy) is 1. The Labute approximate surface area is 176 Å². The summed E-state index contributed by atoms with van der Waals surface area (Å²) in [6, 6.07) is 2.91. The zero-order valence-electron chi connectivity index (χ0n) is 16.8. The maximum atomic E-state index is 13.0. The van der Waals surface area contributed by atoms with Crippen molar-refractivity contribution in [1.29, 1.82) is 0 Å². The van der Waals surface area contributed by atoms with Crippen molar-refractivity contribution in [3.05, 3.63) is 46.0 Å². The number of esters is 1. The van der Waals surface area contributed by atoms with Gasteiger partial charge in [-0.25, -0.2) is 0 Å². The molecule has 1 atom stereocenters. The third-order valence-electron chi connectivity index (χ3n) is 5.10. The summed E-state index contributed by atoms with van der Waals surface area (Å²) in [7, 11) is 0. The van der Waals surface area contributed by atoms with E-state index >= 15 is 0 Å². The standard InChI is InChI=1S/C22H20O9/c1-9(23)3-4-11(8-31-10(2)24)17-16(27)7-14-19(21(17)29)22(30)18-13(20(14)28)5-12(25)6-15(18)26/h5-7,11,25-27,29H,3-4,8H2,1-2H3. The molecule has 0 aromatic heterocycles. The van der Waals surface area contributed by atoms with Gasteiger partial charge >= 0.3 is 5.97 Å². The quantitative estimate of drug-likeness (QED) is 0.432. The number of aromatic hydroxyl groups is 4. The van der Waals surface area contributed by atoms with Crippen LogP contribution < -0.4 is 0 Å². The van der Waals surface area contributed by atoms with E-state index in [1.165, 1.54) is 13.8 Å². The normalized spacial score (nSPS) is 13.4. The number of phenols is 4. The number of fused-ring (bicyclic) bond motifs is 2. The molecule has 0 spiro atoms. The van der Waals surface area contributed by atoms with Crippen LogP contribution in [-0.4, -0.2) is 50.4 Å². The molecular weight excluding hydrogens is 408 g/mol. The molecule has 3 rings (SSSR count). The SMILES string of the molecule is CC(=O)CCC(COC(C)=O)c1c(O)cc2c(c1O)C(=O)c1c(O)cc(O)cc1C2=O. The van der Waals surface area contributed by atoms with Crippen LogP contribution in [0.1, 0.15) is 70.0 Å². The highest BCUT2D eigenvalue weighted by molar-refractivity contribution is 6.30. The zero-order chi connectivity index (χ0) is 23.0. The molecule has 9 heteroatoms. The van der Waals surface area contributed by atoms with Crippen molar-refractivity contribution >= 4 is 23.3 Å². The van der Waals surface area contributed by atoms with E-state index in [-0.39, 0.29) is 47.5 Å². The first kappa shape index (κ1) is 21.8.